The van der Waals surface area contributed by atoms with Crippen LogP contribution in [0.5, 0.6) is 0 Å². The topological polar surface area (TPSA) is 15.3 Å². The number of rotatable bonds is 5. The fourth-order valence-corrected chi connectivity index (χ4v) is 5.23. The average molecular weight is 293 g/mol. The SMILES string of the molecule is CC(C)NCC1(CN2CCC3CCCCC3C2)CCCC1. The first-order valence-electron chi connectivity index (χ1n) is 9.63. The Morgan fingerprint density at radius 3 is 2.43 bits per heavy atom. The summed E-state index contributed by atoms with van der Waals surface area (Å²) in [6.45, 7) is 9.98. The van der Waals surface area contributed by atoms with Crippen molar-refractivity contribution >= 4 is 0 Å². The molecular weight excluding hydrogens is 256 g/mol. The minimum absolute atomic E-state index is 0.589. The summed E-state index contributed by atoms with van der Waals surface area (Å²) in [5, 5.41) is 3.75. The Balaban J connectivity index is 1.55. The second kappa shape index (κ2) is 7.00. The van der Waals surface area contributed by atoms with Gasteiger partial charge in [-0.2, -0.15) is 0 Å². The van der Waals surface area contributed by atoms with Gasteiger partial charge in [0, 0.05) is 25.7 Å². The summed E-state index contributed by atoms with van der Waals surface area (Å²) in [6, 6.07) is 0.631. The Morgan fingerprint density at radius 2 is 1.71 bits per heavy atom. The van der Waals surface area contributed by atoms with E-state index >= 15 is 0 Å². The number of fused-ring (bicyclic) bond motifs is 1. The van der Waals surface area contributed by atoms with E-state index in [0.717, 1.165) is 11.8 Å². The van der Waals surface area contributed by atoms with Crippen molar-refractivity contribution in [1.82, 2.24) is 10.2 Å². The van der Waals surface area contributed by atoms with Crippen molar-refractivity contribution in [1.29, 1.82) is 0 Å². The predicted octanol–water partition coefficient (Wildman–Crippen LogP) is 4.06. The van der Waals surface area contributed by atoms with Gasteiger partial charge < -0.3 is 10.2 Å². The molecule has 2 atom stereocenters. The van der Waals surface area contributed by atoms with Crippen LogP contribution in [0.1, 0.15) is 71.6 Å². The van der Waals surface area contributed by atoms with Crippen molar-refractivity contribution in [3.8, 4) is 0 Å². The molecule has 0 bridgehead atoms. The van der Waals surface area contributed by atoms with Gasteiger partial charge >= 0.3 is 0 Å². The summed E-state index contributed by atoms with van der Waals surface area (Å²) in [7, 11) is 0. The van der Waals surface area contributed by atoms with Gasteiger partial charge in [0.05, 0.1) is 0 Å². The highest BCUT2D eigenvalue weighted by Crippen LogP contribution is 2.41. The molecule has 0 aromatic rings. The van der Waals surface area contributed by atoms with Crippen LogP contribution < -0.4 is 5.32 Å². The first-order valence-corrected chi connectivity index (χ1v) is 9.63. The number of nitrogens with one attached hydrogen (secondary N) is 1. The predicted molar refractivity (Wildman–Crippen MR) is 90.5 cm³/mol. The van der Waals surface area contributed by atoms with E-state index in [9.17, 15) is 0 Å². The monoisotopic (exact) mass is 292 g/mol. The summed E-state index contributed by atoms with van der Waals surface area (Å²) in [5.41, 5.74) is 0.589. The van der Waals surface area contributed by atoms with Crippen LogP contribution in [0.2, 0.25) is 0 Å². The van der Waals surface area contributed by atoms with E-state index in [-0.39, 0.29) is 0 Å². The molecule has 2 heteroatoms. The molecule has 122 valence electrons. The molecule has 2 aliphatic carbocycles. The van der Waals surface area contributed by atoms with Crippen LogP contribution in [0, 0.1) is 17.3 Å². The Kier molecular flexibility index (Phi) is 5.27. The lowest BCUT2D eigenvalue weighted by molar-refractivity contribution is 0.0518. The molecule has 2 nitrogen and oxygen atoms in total. The van der Waals surface area contributed by atoms with E-state index in [2.05, 4.69) is 24.1 Å². The van der Waals surface area contributed by atoms with E-state index < -0.39 is 0 Å². The summed E-state index contributed by atoms with van der Waals surface area (Å²) >= 11 is 0. The second-order valence-electron chi connectivity index (χ2n) is 8.57. The lowest BCUT2D eigenvalue weighted by Crippen LogP contribution is -2.49. The minimum Gasteiger partial charge on any atom is -0.314 e. The molecule has 1 N–H and O–H groups in total. The van der Waals surface area contributed by atoms with Crippen LogP contribution in [-0.2, 0) is 0 Å². The Morgan fingerprint density at radius 1 is 1.00 bits per heavy atom. The molecule has 3 fully saturated rings. The smallest absolute Gasteiger partial charge is 0.00503 e. The number of hydrogen-bond donors (Lipinski definition) is 1. The first kappa shape index (κ1) is 15.8. The molecular formula is C19H36N2. The van der Waals surface area contributed by atoms with Crippen LogP contribution in [0.15, 0.2) is 0 Å². The second-order valence-corrected chi connectivity index (χ2v) is 8.57. The third kappa shape index (κ3) is 4.01. The molecule has 1 aliphatic heterocycles. The standard InChI is InChI=1S/C19H36N2/c1-16(2)20-14-19(10-5-6-11-19)15-21-12-9-17-7-3-4-8-18(17)13-21/h16-18,20H,3-15H2,1-2H3. The zero-order chi connectivity index (χ0) is 14.7. The van der Waals surface area contributed by atoms with Crippen LogP contribution in [0.4, 0.5) is 0 Å². The Labute approximate surface area is 132 Å². The van der Waals surface area contributed by atoms with Gasteiger partial charge in [-0.3, -0.25) is 0 Å². The maximum atomic E-state index is 3.75. The Hall–Kier alpha value is -0.0800. The summed E-state index contributed by atoms with van der Waals surface area (Å²) in [5.74, 6) is 2.10. The summed E-state index contributed by atoms with van der Waals surface area (Å²) in [6.07, 6.45) is 13.3. The average Bonchev–Trinajstić information content (AvgIpc) is 2.94. The van der Waals surface area contributed by atoms with E-state index in [1.165, 1.54) is 84.0 Å². The number of likely N-dealkylation sites (tertiary alicyclic amines) is 1. The van der Waals surface area contributed by atoms with Crippen LogP contribution in [0.25, 0.3) is 0 Å². The van der Waals surface area contributed by atoms with E-state index in [0.29, 0.717) is 11.5 Å². The van der Waals surface area contributed by atoms with Gasteiger partial charge in [0.2, 0.25) is 0 Å². The molecule has 2 unspecified atom stereocenters. The van der Waals surface area contributed by atoms with Gasteiger partial charge in [-0.25, -0.2) is 0 Å². The van der Waals surface area contributed by atoms with Crippen LogP contribution in [0.3, 0.4) is 0 Å². The fourth-order valence-electron chi connectivity index (χ4n) is 5.23. The molecule has 3 rings (SSSR count). The molecule has 0 spiro atoms. The van der Waals surface area contributed by atoms with Gasteiger partial charge in [0.25, 0.3) is 0 Å². The number of piperidine rings is 1. The summed E-state index contributed by atoms with van der Waals surface area (Å²) in [4.78, 5) is 2.85. The van der Waals surface area contributed by atoms with Crippen LogP contribution in [-0.4, -0.2) is 37.1 Å². The van der Waals surface area contributed by atoms with Crippen molar-refractivity contribution in [3.63, 3.8) is 0 Å². The molecule has 0 radical (unpaired) electrons. The molecule has 0 aromatic heterocycles. The Bertz CT molecular complexity index is 320. The van der Waals surface area contributed by atoms with Crippen molar-refractivity contribution < 1.29 is 0 Å². The molecule has 1 saturated heterocycles. The molecule has 3 aliphatic rings. The zero-order valence-corrected chi connectivity index (χ0v) is 14.4. The molecule has 21 heavy (non-hydrogen) atoms. The van der Waals surface area contributed by atoms with Gasteiger partial charge in [-0.15, -0.1) is 0 Å². The van der Waals surface area contributed by atoms with Crippen LogP contribution >= 0.6 is 0 Å². The van der Waals surface area contributed by atoms with Crippen molar-refractivity contribution in [2.24, 2.45) is 17.3 Å². The van der Waals surface area contributed by atoms with Gasteiger partial charge in [0.15, 0.2) is 0 Å². The normalized spacial score (nSPS) is 33.3. The minimum atomic E-state index is 0.589. The lowest BCUT2D eigenvalue weighted by atomic mass is 9.74. The van der Waals surface area contributed by atoms with E-state index in [1.54, 1.807) is 0 Å². The molecule has 1 heterocycles. The maximum absolute atomic E-state index is 3.75. The van der Waals surface area contributed by atoms with E-state index in [4.69, 9.17) is 0 Å². The maximum Gasteiger partial charge on any atom is 0.00503 e. The van der Waals surface area contributed by atoms with Gasteiger partial charge in [-0.05, 0) is 49.5 Å². The zero-order valence-electron chi connectivity index (χ0n) is 14.4. The number of hydrogen-bond acceptors (Lipinski definition) is 2. The van der Waals surface area contributed by atoms with E-state index in [1.807, 2.05) is 0 Å². The molecule has 2 saturated carbocycles. The first-order chi connectivity index (χ1) is 10.2. The molecule has 0 aromatic carbocycles. The number of nitrogens with zero attached hydrogens (tertiary/aromatic N) is 1. The fraction of sp³-hybridized carbons (Fsp3) is 1.00. The highest BCUT2D eigenvalue weighted by atomic mass is 15.1. The summed E-state index contributed by atoms with van der Waals surface area (Å²) < 4.78 is 0. The highest BCUT2D eigenvalue weighted by molar-refractivity contribution is 4.92. The van der Waals surface area contributed by atoms with Crippen molar-refractivity contribution in [3.05, 3.63) is 0 Å². The highest BCUT2D eigenvalue weighted by Gasteiger charge is 2.38. The lowest BCUT2D eigenvalue weighted by Gasteiger charge is -2.44. The third-order valence-electron chi connectivity index (χ3n) is 6.48. The quantitative estimate of drug-likeness (QED) is 0.822. The van der Waals surface area contributed by atoms with Gasteiger partial charge in [0.1, 0.15) is 0 Å². The van der Waals surface area contributed by atoms with Crippen molar-refractivity contribution in [2.75, 3.05) is 26.2 Å². The third-order valence-corrected chi connectivity index (χ3v) is 6.48. The molecule has 0 amide bonds. The van der Waals surface area contributed by atoms with Crippen molar-refractivity contribution in [2.45, 2.75) is 77.7 Å². The largest absolute Gasteiger partial charge is 0.314 e. The van der Waals surface area contributed by atoms with Gasteiger partial charge in [-0.1, -0.05) is 46.0 Å².